The van der Waals surface area contributed by atoms with Crippen molar-refractivity contribution in [3.05, 3.63) is 0 Å². The zero-order valence-electron chi connectivity index (χ0n) is 5.21. The maximum atomic E-state index is 11.7. The maximum absolute atomic E-state index is 11.7. The van der Waals surface area contributed by atoms with Crippen LogP contribution in [-0.2, 0) is 9.53 Å². The molecule has 0 rings (SSSR count). The molecule has 0 aliphatic carbocycles. The molecule has 0 amide bonds. The average Bonchev–Trinajstić information content (AvgIpc) is 1.87. The second-order valence-electron chi connectivity index (χ2n) is 1.57. The SMILES string of the molecule is COC(F)(F)C(F)(F)C(=O)F. The van der Waals surface area contributed by atoms with Crippen LogP contribution in [0.1, 0.15) is 0 Å². The minimum Gasteiger partial charge on any atom is -0.319 e. The molecule has 0 N–H and O–H groups in total. The topological polar surface area (TPSA) is 26.3 Å². The van der Waals surface area contributed by atoms with E-state index in [1.807, 2.05) is 0 Å². The summed E-state index contributed by atoms with van der Waals surface area (Å²) < 4.78 is 61.1. The average molecular weight is 178 g/mol. The molecule has 0 spiro atoms. The number of halogens is 5. The summed E-state index contributed by atoms with van der Waals surface area (Å²) in [6.45, 7) is 0. The summed E-state index contributed by atoms with van der Waals surface area (Å²) >= 11 is 0. The Bertz CT molecular complexity index is 166. The largest absolute Gasteiger partial charge is 0.429 e. The number of ether oxygens (including phenoxy) is 1. The van der Waals surface area contributed by atoms with E-state index in [4.69, 9.17) is 0 Å². The molecule has 0 aromatic rings. The van der Waals surface area contributed by atoms with Gasteiger partial charge in [-0.05, 0) is 0 Å². The van der Waals surface area contributed by atoms with Gasteiger partial charge in [-0.3, -0.25) is 4.79 Å². The van der Waals surface area contributed by atoms with E-state index < -0.39 is 18.1 Å². The molecule has 0 heterocycles. The summed E-state index contributed by atoms with van der Waals surface area (Å²) in [5, 5.41) is 0. The van der Waals surface area contributed by atoms with Crippen molar-refractivity contribution in [2.24, 2.45) is 0 Å². The van der Waals surface area contributed by atoms with Gasteiger partial charge in [0.25, 0.3) is 0 Å². The molecule has 2 nitrogen and oxygen atoms in total. The summed E-state index contributed by atoms with van der Waals surface area (Å²) in [5.41, 5.74) is 0. The lowest BCUT2D eigenvalue weighted by Gasteiger charge is -2.19. The molecule has 7 heteroatoms. The van der Waals surface area contributed by atoms with Crippen LogP contribution in [0.15, 0.2) is 0 Å². The molecule has 0 aromatic carbocycles. The summed E-state index contributed by atoms with van der Waals surface area (Å²) in [7, 11) is 0.233. The molecular formula is C4H3F5O2. The van der Waals surface area contributed by atoms with Crippen LogP contribution in [0.25, 0.3) is 0 Å². The van der Waals surface area contributed by atoms with Crippen LogP contribution < -0.4 is 0 Å². The van der Waals surface area contributed by atoms with Gasteiger partial charge in [-0.25, -0.2) is 0 Å². The predicted octanol–water partition coefficient (Wildman–Crippen LogP) is 1.36. The molecule has 0 aromatic heterocycles. The van der Waals surface area contributed by atoms with Gasteiger partial charge in [-0.2, -0.15) is 22.0 Å². The summed E-state index contributed by atoms with van der Waals surface area (Å²) in [4.78, 5) is 9.29. The predicted molar refractivity (Wildman–Crippen MR) is 23.0 cm³/mol. The van der Waals surface area contributed by atoms with Crippen molar-refractivity contribution in [3.63, 3.8) is 0 Å². The van der Waals surface area contributed by atoms with Crippen molar-refractivity contribution in [1.29, 1.82) is 0 Å². The normalized spacial score (nSPS) is 13.3. The smallest absolute Gasteiger partial charge is 0.319 e. The van der Waals surface area contributed by atoms with Gasteiger partial charge in [0.05, 0.1) is 0 Å². The molecular weight excluding hydrogens is 175 g/mol. The third kappa shape index (κ3) is 1.65. The Morgan fingerprint density at radius 1 is 1.27 bits per heavy atom. The zero-order valence-corrected chi connectivity index (χ0v) is 5.21. The van der Waals surface area contributed by atoms with Crippen LogP contribution in [0.3, 0.4) is 0 Å². The van der Waals surface area contributed by atoms with Crippen molar-refractivity contribution in [3.8, 4) is 0 Å². The second kappa shape index (κ2) is 2.72. The number of hydrogen-bond acceptors (Lipinski definition) is 2. The lowest BCUT2D eigenvalue weighted by atomic mass is 10.3. The van der Waals surface area contributed by atoms with E-state index in [2.05, 4.69) is 4.74 Å². The van der Waals surface area contributed by atoms with Gasteiger partial charge < -0.3 is 4.74 Å². The van der Waals surface area contributed by atoms with E-state index in [1.165, 1.54) is 0 Å². The zero-order chi connectivity index (χ0) is 9.28. The number of carbonyl (C=O) groups is 1. The quantitative estimate of drug-likeness (QED) is 0.481. The van der Waals surface area contributed by atoms with Gasteiger partial charge in [0.1, 0.15) is 0 Å². The van der Waals surface area contributed by atoms with E-state index in [-0.39, 0.29) is 7.11 Å². The lowest BCUT2D eigenvalue weighted by Crippen LogP contribution is -2.46. The highest BCUT2D eigenvalue weighted by Crippen LogP contribution is 2.35. The Morgan fingerprint density at radius 2 is 1.64 bits per heavy atom. The Morgan fingerprint density at radius 3 is 1.73 bits per heavy atom. The fourth-order valence-corrected chi connectivity index (χ4v) is 0.243. The Kier molecular flexibility index (Phi) is 2.55. The van der Waals surface area contributed by atoms with Crippen molar-refractivity contribution < 1.29 is 31.5 Å². The molecule has 0 atom stereocenters. The molecule has 11 heavy (non-hydrogen) atoms. The molecule has 0 saturated heterocycles. The third-order valence-electron chi connectivity index (χ3n) is 0.869. The first-order valence-electron chi connectivity index (χ1n) is 2.26. The van der Waals surface area contributed by atoms with Gasteiger partial charge in [0.2, 0.25) is 0 Å². The van der Waals surface area contributed by atoms with Crippen LogP contribution in [-0.4, -0.2) is 25.2 Å². The number of carbonyl (C=O) groups excluding carboxylic acids is 1. The molecule has 0 aliphatic heterocycles. The monoisotopic (exact) mass is 178 g/mol. The third-order valence-corrected chi connectivity index (χ3v) is 0.869. The van der Waals surface area contributed by atoms with Crippen molar-refractivity contribution in [1.82, 2.24) is 0 Å². The molecule has 0 radical (unpaired) electrons. The fourth-order valence-electron chi connectivity index (χ4n) is 0.243. The standard InChI is InChI=1S/C4H3F5O2/c1-11-4(8,9)3(6,7)2(5)10/h1H3. The summed E-state index contributed by atoms with van der Waals surface area (Å²) in [6, 6.07) is -3.43. The number of rotatable bonds is 3. The van der Waals surface area contributed by atoms with Gasteiger partial charge in [0.15, 0.2) is 0 Å². The molecule has 0 unspecified atom stereocenters. The van der Waals surface area contributed by atoms with Crippen LogP contribution in [0, 0.1) is 0 Å². The van der Waals surface area contributed by atoms with E-state index in [1.54, 1.807) is 0 Å². The minimum absolute atomic E-state index is 0.233. The van der Waals surface area contributed by atoms with Crippen LogP contribution >= 0.6 is 0 Å². The number of methoxy groups -OCH3 is 1. The molecule has 0 aliphatic rings. The molecule has 0 fully saturated rings. The number of hydrogen-bond donors (Lipinski definition) is 0. The highest BCUT2D eigenvalue weighted by molar-refractivity contribution is 5.77. The van der Waals surface area contributed by atoms with E-state index in [9.17, 15) is 26.7 Å². The van der Waals surface area contributed by atoms with Crippen LogP contribution in [0.2, 0.25) is 0 Å². The second-order valence-corrected chi connectivity index (χ2v) is 1.57. The fraction of sp³-hybridized carbons (Fsp3) is 0.750. The van der Waals surface area contributed by atoms with Gasteiger partial charge in [0, 0.05) is 7.11 Å². The Balaban J connectivity index is 4.67. The highest BCUT2D eigenvalue weighted by Gasteiger charge is 2.63. The first-order valence-corrected chi connectivity index (χ1v) is 2.26. The maximum Gasteiger partial charge on any atom is 0.429 e. The molecule has 66 valence electrons. The first-order chi connectivity index (χ1) is 4.75. The Hall–Kier alpha value is -0.720. The van der Waals surface area contributed by atoms with Crippen molar-refractivity contribution in [2.75, 3.05) is 7.11 Å². The van der Waals surface area contributed by atoms with Crippen molar-refractivity contribution in [2.45, 2.75) is 12.0 Å². The van der Waals surface area contributed by atoms with Gasteiger partial charge in [-0.15, -0.1) is 0 Å². The van der Waals surface area contributed by atoms with E-state index >= 15 is 0 Å². The van der Waals surface area contributed by atoms with E-state index in [0.717, 1.165) is 0 Å². The Labute approximate surface area is 57.9 Å². The van der Waals surface area contributed by atoms with Crippen molar-refractivity contribution >= 4 is 6.04 Å². The minimum atomic E-state index is -5.41. The summed E-state index contributed by atoms with van der Waals surface area (Å²) in [6.07, 6.45) is -5.10. The summed E-state index contributed by atoms with van der Waals surface area (Å²) in [5.74, 6) is -5.41. The lowest BCUT2D eigenvalue weighted by molar-refractivity contribution is -0.326. The van der Waals surface area contributed by atoms with Gasteiger partial charge >= 0.3 is 18.1 Å². The van der Waals surface area contributed by atoms with Gasteiger partial charge in [-0.1, -0.05) is 0 Å². The molecule has 0 bridgehead atoms. The van der Waals surface area contributed by atoms with Crippen LogP contribution in [0.5, 0.6) is 0 Å². The molecule has 0 saturated carbocycles. The van der Waals surface area contributed by atoms with E-state index in [0.29, 0.717) is 0 Å². The van der Waals surface area contributed by atoms with Crippen LogP contribution in [0.4, 0.5) is 22.0 Å². The first kappa shape index (κ1) is 10.3. The number of alkyl halides is 4. The highest BCUT2D eigenvalue weighted by atomic mass is 19.3.